The van der Waals surface area contributed by atoms with Crippen molar-refractivity contribution in [2.75, 3.05) is 0 Å². The first-order valence-corrected chi connectivity index (χ1v) is 15.0. The molecule has 60 heavy (non-hydrogen) atoms. The van der Waals surface area contributed by atoms with E-state index in [0.717, 1.165) is 0 Å². The van der Waals surface area contributed by atoms with Gasteiger partial charge < -0.3 is 0 Å². The fraction of sp³-hybridized carbons (Fsp3) is 0. The van der Waals surface area contributed by atoms with Crippen molar-refractivity contribution in [2.45, 2.75) is 0 Å². The van der Waals surface area contributed by atoms with E-state index in [1.807, 2.05) is 0 Å². The molecule has 22 rings (SSSR count). The molecule has 0 aromatic heterocycles. The van der Waals surface area contributed by atoms with E-state index in [-0.39, 0.29) is 0 Å². The average Bonchev–Trinajstić information content (AvgIpc) is 3.20. The van der Waals surface area contributed by atoms with Crippen LogP contribution in [0.1, 0.15) is 0 Å². The monoisotopic (exact) mass is 888 g/mol. The highest BCUT2D eigenvalue weighted by atomic mass is 19.2. The van der Waals surface area contributed by atoms with Gasteiger partial charge in [0.25, 0.3) is 0 Å². The van der Waals surface area contributed by atoms with Crippen molar-refractivity contribution < 1.29 is 105 Å². The Morgan fingerprint density at radius 2 is 0.117 bits per heavy atom. The highest BCUT2D eigenvalue weighted by Gasteiger charge is 2.32. The predicted octanol–water partition coefficient (Wildman–Crippen LogP) is 11.1. The lowest BCUT2D eigenvalue weighted by Gasteiger charge is -2.09. The molecule has 0 spiro atoms. The summed E-state index contributed by atoms with van der Waals surface area (Å²) < 4.78 is 369. The summed E-state index contributed by atoms with van der Waals surface area (Å²) in [5.74, 6) is -81.4. The van der Waals surface area contributed by atoms with Gasteiger partial charge in [0.1, 0.15) is 0 Å². The number of hydrogen-bond acceptors (Lipinski definition) is 0. The maximum Gasteiger partial charge on any atom is 0.170 e. The molecule has 0 aliphatic heterocycles. The van der Waals surface area contributed by atoms with Gasteiger partial charge in [-0.2, -0.15) is 0 Å². The molecule has 0 amide bonds. The van der Waals surface area contributed by atoms with E-state index in [1.54, 1.807) is 0 Å². The van der Waals surface area contributed by atoms with E-state index < -0.39 is 202 Å². The number of rotatable bonds is 0. The summed E-state index contributed by atoms with van der Waals surface area (Å²) in [6.07, 6.45) is 0. The van der Waals surface area contributed by atoms with E-state index >= 15 is 105 Å². The molecule has 0 atom stereocenters. The number of benzene rings is 6. The van der Waals surface area contributed by atoms with Gasteiger partial charge in [-0.05, 0) is 0 Å². The highest BCUT2D eigenvalue weighted by molar-refractivity contribution is 5.34. The van der Waals surface area contributed by atoms with Gasteiger partial charge >= 0.3 is 0 Å². The number of halogens is 24. The van der Waals surface area contributed by atoms with Crippen molar-refractivity contribution in [3.8, 4) is 0 Å². The molecule has 24 heteroatoms. The minimum absolute atomic E-state index is 3.00. The Balaban J connectivity index is 2.08. The van der Waals surface area contributed by atoms with Gasteiger partial charge in [0.15, 0.2) is 140 Å². The summed E-state index contributed by atoms with van der Waals surface area (Å²) in [6.45, 7) is 0. The van der Waals surface area contributed by atoms with Gasteiger partial charge in [-0.15, -0.1) is 0 Å². The predicted molar refractivity (Wildman–Crippen MR) is 144 cm³/mol. The Kier molecular flexibility index (Phi) is 9.46. The molecule has 0 N–H and O–H groups in total. The Labute approximate surface area is 308 Å². The largest absolute Gasteiger partial charge is 0.203 e. The molecule has 16 aliphatic rings. The molecule has 0 saturated carbocycles. The molecule has 312 valence electrons. The molecule has 0 fully saturated rings. The smallest absolute Gasteiger partial charge is 0.170 e. The summed E-state index contributed by atoms with van der Waals surface area (Å²) in [5.41, 5.74) is 0. The molecule has 6 aromatic rings. The summed E-state index contributed by atoms with van der Waals surface area (Å²) >= 11 is 0. The third kappa shape index (κ3) is 5.07. The standard InChI is InChI=1S/C36F24/c37-13-1-2-15(39)19(43)5(20(44)16(2)40)6-23(47)27(51)9(28(52)24(6)48)10-31(55)35(59)12(36(60)32(10)56)11-33(57)29(53)8(30(54)34(11)58)7-25(49)21(45)4(22(46)26(7)50)3(17(13)41)18(42)14(1)38. The van der Waals surface area contributed by atoms with Crippen LogP contribution in [0.5, 0.6) is 0 Å². The van der Waals surface area contributed by atoms with Crippen LogP contribution in [-0.4, -0.2) is 0 Å². The molecular weight excluding hydrogens is 888 g/mol. The van der Waals surface area contributed by atoms with E-state index in [0.29, 0.717) is 0 Å². The van der Waals surface area contributed by atoms with Crippen molar-refractivity contribution in [1.82, 2.24) is 0 Å². The fourth-order valence-electron chi connectivity index (χ4n) is 6.42. The van der Waals surface area contributed by atoms with Crippen LogP contribution in [0.4, 0.5) is 105 Å². The maximum absolute atomic E-state index is 15.4. The highest BCUT2D eigenvalue weighted by Crippen LogP contribution is 2.32. The van der Waals surface area contributed by atoms with E-state index in [9.17, 15) is 0 Å². The second-order valence-electron chi connectivity index (χ2n) is 12.0. The van der Waals surface area contributed by atoms with Crippen LogP contribution in [-0.2, 0) is 0 Å². The third-order valence-corrected chi connectivity index (χ3v) is 9.08. The minimum Gasteiger partial charge on any atom is -0.203 e. The van der Waals surface area contributed by atoms with Crippen LogP contribution in [0.2, 0.25) is 0 Å². The van der Waals surface area contributed by atoms with Gasteiger partial charge in [-0.3, -0.25) is 0 Å². The van der Waals surface area contributed by atoms with Crippen LogP contribution in [0.15, 0.2) is 0 Å². The zero-order valence-electron chi connectivity index (χ0n) is 27.1. The van der Waals surface area contributed by atoms with Gasteiger partial charge in [0, 0.05) is 0 Å². The first-order valence-electron chi connectivity index (χ1n) is 15.0. The minimum atomic E-state index is -3.39. The zero-order chi connectivity index (χ0) is 44.8. The van der Waals surface area contributed by atoms with E-state index in [1.165, 1.54) is 0 Å². The van der Waals surface area contributed by atoms with Crippen molar-refractivity contribution >= 4 is 0 Å². The van der Waals surface area contributed by atoms with Crippen LogP contribution >= 0.6 is 0 Å². The van der Waals surface area contributed by atoms with Crippen molar-refractivity contribution in [3.05, 3.63) is 202 Å². The van der Waals surface area contributed by atoms with Gasteiger partial charge in [-0.25, -0.2) is 105 Å². The second-order valence-corrected chi connectivity index (χ2v) is 12.0. The Bertz CT molecular complexity index is 2630. The molecule has 12 bridgehead atoms. The lowest BCUT2D eigenvalue weighted by molar-refractivity contribution is 0.402. The van der Waals surface area contributed by atoms with Crippen molar-refractivity contribution in [3.63, 3.8) is 0 Å². The van der Waals surface area contributed by atoms with Gasteiger partial charge in [0.05, 0.1) is 62.6 Å². The SMILES string of the molecule is Fc1c(F)c2c(F)c(F)c1=c1c(F)c(F)c(c(F)c1F)=c1c(F)c(F)c(c(F)c1F)=c1c(F)c(F)c(c(F)c1F)=c1c(F)c(F)c(c(F)c1F)=c1c(F)c(F)c=2c(F)c1F. The summed E-state index contributed by atoms with van der Waals surface area (Å²) in [7, 11) is 0. The summed E-state index contributed by atoms with van der Waals surface area (Å²) in [5, 5.41) is -36.0. The fourth-order valence-corrected chi connectivity index (χ4v) is 6.42. The molecule has 0 nitrogen and oxygen atoms in total. The summed E-state index contributed by atoms with van der Waals surface area (Å²) in [4.78, 5) is 0. The van der Waals surface area contributed by atoms with E-state index in [2.05, 4.69) is 0 Å². The van der Waals surface area contributed by atoms with Gasteiger partial charge in [-0.1, -0.05) is 0 Å². The first-order chi connectivity index (χ1) is 27.9. The topological polar surface area (TPSA) is 0 Å². The Morgan fingerprint density at radius 3 is 0.150 bits per heavy atom. The molecule has 0 unspecified atom stereocenters. The Morgan fingerprint density at radius 1 is 0.0833 bits per heavy atom. The Hall–Kier alpha value is -6.36. The molecular formula is C36F24. The zero-order valence-corrected chi connectivity index (χ0v) is 27.1. The van der Waals surface area contributed by atoms with Crippen molar-refractivity contribution in [2.24, 2.45) is 0 Å². The van der Waals surface area contributed by atoms with Crippen LogP contribution in [0.3, 0.4) is 0 Å². The molecule has 0 heterocycles. The van der Waals surface area contributed by atoms with Crippen LogP contribution in [0.25, 0.3) is 0 Å². The number of hydrogen-bond donors (Lipinski definition) is 0. The van der Waals surface area contributed by atoms with Crippen LogP contribution in [0, 0.1) is 202 Å². The summed E-state index contributed by atoms with van der Waals surface area (Å²) in [6, 6.07) is 0. The van der Waals surface area contributed by atoms with E-state index in [4.69, 9.17) is 0 Å². The lowest BCUT2D eigenvalue weighted by Crippen LogP contribution is -2.11. The van der Waals surface area contributed by atoms with Gasteiger partial charge in [0.2, 0.25) is 0 Å². The molecule has 0 radical (unpaired) electrons. The molecule has 0 saturated heterocycles. The lowest BCUT2D eigenvalue weighted by atomic mass is 10.0. The third-order valence-electron chi connectivity index (χ3n) is 9.08. The average molecular weight is 888 g/mol. The normalized spacial score (nSPS) is 12.0. The molecule has 16 aliphatic carbocycles. The first kappa shape index (κ1) is 41.8. The molecule has 6 aromatic carbocycles. The van der Waals surface area contributed by atoms with Crippen LogP contribution < -0.4 is 0 Å². The van der Waals surface area contributed by atoms with Crippen molar-refractivity contribution in [1.29, 1.82) is 0 Å². The second kappa shape index (κ2) is 13.6. The maximum atomic E-state index is 15.4. The quantitative estimate of drug-likeness (QED) is 0.105.